The Balaban J connectivity index is 2.61. The van der Waals surface area contributed by atoms with Gasteiger partial charge < -0.3 is 10.2 Å². The number of hydrogen-bond donors (Lipinski definition) is 1. The molecular formula is C14H29NOSi. The van der Waals surface area contributed by atoms with E-state index in [1.54, 1.807) is 0 Å². The third-order valence-corrected chi connectivity index (χ3v) is 9.21. The molecule has 2 nitrogen and oxygen atoms in total. The zero-order chi connectivity index (χ0) is 13.3. The Morgan fingerprint density at radius 3 is 2.18 bits per heavy atom. The van der Waals surface area contributed by atoms with E-state index in [1.165, 1.54) is 19.3 Å². The van der Waals surface area contributed by atoms with Crippen LogP contribution in [0.1, 0.15) is 40.0 Å². The molecule has 0 radical (unpaired) electrons. The molecule has 0 aromatic rings. The lowest BCUT2D eigenvalue weighted by molar-refractivity contribution is 0.130. The fraction of sp³-hybridized carbons (Fsp3) is 0.857. The SMILES string of the molecule is C=CC(N)(CO[Si](C)(C)C(C)(C)C)C1CCC1. The lowest BCUT2D eigenvalue weighted by Gasteiger charge is -2.44. The van der Waals surface area contributed by atoms with Gasteiger partial charge in [-0.05, 0) is 36.9 Å². The Morgan fingerprint density at radius 2 is 1.88 bits per heavy atom. The standard InChI is InChI=1S/C14H29NOSi/c1-7-14(15,12-9-8-10-12)11-16-17(5,6)13(2,3)4/h7,12H,1,8-11,15H2,2-6H3. The van der Waals surface area contributed by atoms with Crippen molar-refractivity contribution >= 4 is 8.32 Å². The molecule has 1 aliphatic carbocycles. The van der Waals surface area contributed by atoms with Crippen molar-refractivity contribution in [3.8, 4) is 0 Å². The summed E-state index contributed by atoms with van der Waals surface area (Å²) in [6.45, 7) is 15.9. The average Bonchev–Trinajstić information content (AvgIpc) is 2.10. The van der Waals surface area contributed by atoms with Gasteiger partial charge in [-0.15, -0.1) is 6.58 Å². The zero-order valence-electron chi connectivity index (χ0n) is 12.2. The Morgan fingerprint density at radius 1 is 1.35 bits per heavy atom. The maximum absolute atomic E-state index is 6.43. The van der Waals surface area contributed by atoms with E-state index in [-0.39, 0.29) is 10.6 Å². The molecule has 0 aromatic carbocycles. The van der Waals surface area contributed by atoms with E-state index in [2.05, 4.69) is 40.4 Å². The lowest BCUT2D eigenvalue weighted by Crippen LogP contribution is -2.55. The first-order valence-corrected chi connectivity index (χ1v) is 9.60. The Bertz CT molecular complexity index is 278. The number of hydrogen-bond acceptors (Lipinski definition) is 2. The van der Waals surface area contributed by atoms with Gasteiger partial charge in [-0.2, -0.15) is 0 Å². The van der Waals surface area contributed by atoms with Gasteiger partial charge in [0.25, 0.3) is 0 Å². The summed E-state index contributed by atoms with van der Waals surface area (Å²) in [5.74, 6) is 0.574. The van der Waals surface area contributed by atoms with Gasteiger partial charge in [0.15, 0.2) is 8.32 Å². The minimum atomic E-state index is -1.69. The summed E-state index contributed by atoms with van der Waals surface area (Å²) in [5.41, 5.74) is 6.12. The third kappa shape index (κ3) is 3.21. The van der Waals surface area contributed by atoms with Crippen molar-refractivity contribution in [3.05, 3.63) is 12.7 Å². The van der Waals surface area contributed by atoms with Gasteiger partial charge >= 0.3 is 0 Å². The van der Waals surface area contributed by atoms with Crippen molar-refractivity contribution in [2.75, 3.05) is 6.61 Å². The summed E-state index contributed by atoms with van der Waals surface area (Å²) in [6.07, 6.45) is 5.66. The van der Waals surface area contributed by atoms with Crippen LogP contribution in [-0.2, 0) is 4.43 Å². The van der Waals surface area contributed by atoms with Crippen LogP contribution in [-0.4, -0.2) is 20.5 Å². The van der Waals surface area contributed by atoms with E-state index in [1.807, 2.05) is 6.08 Å². The third-order valence-electron chi connectivity index (χ3n) is 4.73. The van der Waals surface area contributed by atoms with E-state index >= 15 is 0 Å². The van der Waals surface area contributed by atoms with Crippen molar-refractivity contribution in [2.24, 2.45) is 11.7 Å². The summed E-state index contributed by atoms with van der Waals surface area (Å²) < 4.78 is 6.25. The minimum Gasteiger partial charge on any atom is -0.415 e. The first-order chi connectivity index (χ1) is 7.62. The molecule has 1 unspecified atom stereocenters. The van der Waals surface area contributed by atoms with E-state index in [9.17, 15) is 0 Å². The molecule has 1 atom stereocenters. The van der Waals surface area contributed by atoms with Gasteiger partial charge in [-0.1, -0.05) is 33.3 Å². The molecule has 0 aliphatic heterocycles. The molecule has 0 spiro atoms. The molecule has 0 heterocycles. The van der Waals surface area contributed by atoms with E-state index in [0.29, 0.717) is 12.5 Å². The normalized spacial score (nSPS) is 21.8. The molecule has 100 valence electrons. The predicted molar refractivity (Wildman–Crippen MR) is 77.6 cm³/mol. The molecule has 0 bridgehead atoms. The van der Waals surface area contributed by atoms with Gasteiger partial charge in [0.1, 0.15) is 0 Å². The summed E-state index contributed by atoms with van der Waals surface area (Å²) >= 11 is 0. The smallest absolute Gasteiger partial charge is 0.192 e. The summed E-state index contributed by atoms with van der Waals surface area (Å²) in [6, 6.07) is 0. The van der Waals surface area contributed by atoms with Crippen LogP contribution in [0.25, 0.3) is 0 Å². The minimum absolute atomic E-state index is 0.245. The van der Waals surface area contributed by atoms with Crippen LogP contribution in [0, 0.1) is 5.92 Å². The van der Waals surface area contributed by atoms with Gasteiger partial charge in [0.2, 0.25) is 0 Å². The molecule has 3 heteroatoms. The maximum atomic E-state index is 6.43. The molecule has 1 fully saturated rings. The van der Waals surface area contributed by atoms with Gasteiger partial charge in [-0.3, -0.25) is 0 Å². The summed E-state index contributed by atoms with van der Waals surface area (Å²) in [4.78, 5) is 0. The molecule has 0 aromatic heterocycles. The topological polar surface area (TPSA) is 35.2 Å². The van der Waals surface area contributed by atoms with Crippen molar-refractivity contribution in [1.29, 1.82) is 0 Å². The largest absolute Gasteiger partial charge is 0.415 e. The first-order valence-electron chi connectivity index (χ1n) is 6.69. The summed E-state index contributed by atoms with van der Waals surface area (Å²) in [7, 11) is -1.69. The molecule has 0 saturated heterocycles. The molecule has 0 amide bonds. The van der Waals surface area contributed by atoms with Crippen LogP contribution in [0.3, 0.4) is 0 Å². The fourth-order valence-corrected chi connectivity index (χ4v) is 2.85. The highest BCUT2D eigenvalue weighted by atomic mass is 28.4. The highest BCUT2D eigenvalue weighted by Gasteiger charge is 2.42. The van der Waals surface area contributed by atoms with Gasteiger partial charge in [-0.25, -0.2) is 0 Å². The van der Waals surface area contributed by atoms with E-state index < -0.39 is 8.32 Å². The molecule has 1 saturated carbocycles. The van der Waals surface area contributed by atoms with Gasteiger partial charge in [0, 0.05) is 0 Å². The van der Waals surface area contributed by atoms with E-state index in [4.69, 9.17) is 10.2 Å². The second kappa shape index (κ2) is 4.86. The van der Waals surface area contributed by atoms with Crippen LogP contribution < -0.4 is 5.73 Å². The molecule has 2 N–H and O–H groups in total. The van der Waals surface area contributed by atoms with Crippen molar-refractivity contribution < 1.29 is 4.43 Å². The van der Waals surface area contributed by atoms with Crippen molar-refractivity contribution in [1.82, 2.24) is 0 Å². The van der Waals surface area contributed by atoms with Crippen molar-refractivity contribution in [3.63, 3.8) is 0 Å². The average molecular weight is 255 g/mol. The van der Waals surface area contributed by atoms with Crippen LogP contribution >= 0.6 is 0 Å². The molecule has 17 heavy (non-hydrogen) atoms. The maximum Gasteiger partial charge on any atom is 0.192 e. The lowest BCUT2D eigenvalue weighted by atomic mass is 9.71. The van der Waals surface area contributed by atoms with E-state index in [0.717, 1.165) is 0 Å². The monoisotopic (exact) mass is 255 g/mol. The first kappa shape index (κ1) is 14.9. The van der Waals surface area contributed by atoms with Crippen LogP contribution in [0.15, 0.2) is 12.7 Å². The quantitative estimate of drug-likeness (QED) is 0.600. The van der Waals surface area contributed by atoms with Crippen LogP contribution in [0.4, 0.5) is 0 Å². The predicted octanol–water partition coefficient (Wildman–Crippen LogP) is 3.69. The molecular weight excluding hydrogens is 226 g/mol. The highest BCUT2D eigenvalue weighted by Crippen LogP contribution is 2.40. The zero-order valence-corrected chi connectivity index (χ0v) is 13.2. The number of rotatable bonds is 5. The second-order valence-corrected chi connectivity index (χ2v) is 11.8. The Labute approximate surface area is 108 Å². The van der Waals surface area contributed by atoms with Crippen molar-refractivity contribution in [2.45, 2.75) is 63.7 Å². The molecule has 1 aliphatic rings. The van der Waals surface area contributed by atoms with Gasteiger partial charge in [0.05, 0.1) is 12.1 Å². The fourth-order valence-electron chi connectivity index (χ4n) is 1.81. The molecule has 1 rings (SSSR count). The van der Waals surface area contributed by atoms with Crippen LogP contribution in [0.5, 0.6) is 0 Å². The second-order valence-electron chi connectivity index (χ2n) is 6.99. The Hall–Kier alpha value is -0.123. The Kier molecular flexibility index (Phi) is 4.27. The van der Waals surface area contributed by atoms with Crippen LogP contribution in [0.2, 0.25) is 18.1 Å². The number of nitrogens with two attached hydrogens (primary N) is 1. The highest BCUT2D eigenvalue weighted by molar-refractivity contribution is 6.74. The summed E-state index contributed by atoms with van der Waals surface area (Å²) in [5, 5.41) is 0.245.